The highest BCUT2D eigenvalue weighted by molar-refractivity contribution is 6.32. The molecule has 0 saturated heterocycles. The highest BCUT2D eigenvalue weighted by Gasteiger charge is 2.23. The summed E-state index contributed by atoms with van der Waals surface area (Å²) in [6.45, 7) is 0. The zero-order chi connectivity index (χ0) is 18.4. The van der Waals surface area contributed by atoms with E-state index in [1.165, 1.54) is 18.5 Å². The number of aromatic nitrogens is 2. The van der Waals surface area contributed by atoms with Gasteiger partial charge in [0.15, 0.2) is 0 Å². The number of hydrogen-bond acceptors (Lipinski definition) is 4. The molecule has 3 rings (SSSR count). The summed E-state index contributed by atoms with van der Waals surface area (Å²) in [4.78, 5) is 20.2. The maximum Gasteiger partial charge on any atom is 0.316 e. The fourth-order valence-corrected chi connectivity index (χ4v) is 3.16. The highest BCUT2D eigenvalue weighted by atomic mass is 35.5. The van der Waals surface area contributed by atoms with Gasteiger partial charge in [0.05, 0.1) is 17.4 Å². The molecule has 1 amide bonds. The number of nitrogens with one attached hydrogen (secondary N) is 1. The number of amides is 1. The molecule has 1 aliphatic carbocycles. The van der Waals surface area contributed by atoms with Crippen LogP contribution in [0.2, 0.25) is 10.0 Å². The fourth-order valence-electron chi connectivity index (χ4n) is 2.86. The average molecular weight is 392 g/mol. The van der Waals surface area contributed by atoms with Crippen molar-refractivity contribution in [2.24, 2.45) is 0 Å². The van der Waals surface area contributed by atoms with Crippen LogP contribution in [0.5, 0.6) is 6.01 Å². The average Bonchev–Trinajstić information content (AvgIpc) is 2.64. The van der Waals surface area contributed by atoms with E-state index in [1.807, 2.05) is 18.2 Å². The Kier molecular flexibility index (Phi) is 6.47. The van der Waals surface area contributed by atoms with Crippen LogP contribution >= 0.6 is 23.2 Å². The van der Waals surface area contributed by atoms with Gasteiger partial charge in [0, 0.05) is 17.1 Å². The molecule has 1 aliphatic rings. The van der Waals surface area contributed by atoms with E-state index in [4.69, 9.17) is 27.9 Å². The quantitative estimate of drug-likeness (QED) is 0.771. The molecule has 136 valence electrons. The maximum absolute atomic E-state index is 12.1. The molecule has 26 heavy (non-hydrogen) atoms. The number of ether oxygens (including phenoxy) is 1. The van der Waals surface area contributed by atoms with Crippen molar-refractivity contribution in [3.05, 3.63) is 58.3 Å². The molecule has 1 heterocycles. The summed E-state index contributed by atoms with van der Waals surface area (Å²) in [5.74, 6) is -0.115. The van der Waals surface area contributed by atoms with Crippen LogP contribution in [-0.4, -0.2) is 28.0 Å². The number of carbonyl (C=O) groups excluding carboxylic acids is 1. The van der Waals surface area contributed by atoms with Crippen molar-refractivity contribution in [3.63, 3.8) is 0 Å². The fraction of sp³-hybridized carbons (Fsp3) is 0.316. The maximum atomic E-state index is 12.1. The lowest BCUT2D eigenvalue weighted by molar-refractivity contribution is -0.117. The van der Waals surface area contributed by atoms with Crippen LogP contribution < -0.4 is 10.1 Å². The lowest BCUT2D eigenvalue weighted by atomic mass is 9.93. The lowest BCUT2D eigenvalue weighted by Crippen LogP contribution is -2.39. The van der Waals surface area contributed by atoms with E-state index in [-0.39, 0.29) is 18.1 Å². The normalized spacial score (nSPS) is 20.1. The van der Waals surface area contributed by atoms with Crippen molar-refractivity contribution in [1.29, 1.82) is 0 Å². The van der Waals surface area contributed by atoms with Gasteiger partial charge in [-0.1, -0.05) is 41.4 Å². The first-order valence-electron chi connectivity index (χ1n) is 8.47. The van der Waals surface area contributed by atoms with E-state index in [0.717, 1.165) is 31.2 Å². The molecule has 1 aromatic carbocycles. The molecular weight excluding hydrogens is 373 g/mol. The molecule has 0 aliphatic heterocycles. The minimum absolute atomic E-state index is 0.0583. The number of nitrogens with zero attached hydrogens (tertiary/aromatic N) is 2. The molecule has 0 atom stereocenters. The van der Waals surface area contributed by atoms with Gasteiger partial charge in [-0.15, -0.1) is 0 Å². The number of halogens is 2. The van der Waals surface area contributed by atoms with Crippen LogP contribution in [0, 0.1) is 0 Å². The minimum Gasteiger partial charge on any atom is -0.460 e. The van der Waals surface area contributed by atoms with Crippen molar-refractivity contribution in [2.45, 2.75) is 37.8 Å². The van der Waals surface area contributed by atoms with Gasteiger partial charge in [-0.25, -0.2) is 9.97 Å². The lowest BCUT2D eigenvalue weighted by Gasteiger charge is -2.28. The van der Waals surface area contributed by atoms with Gasteiger partial charge in [-0.2, -0.15) is 0 Å². The molecule has 0 bridgehead atoms. The topological polar surface area (TPSA) is 64.1 Å². The summed E-state index contributed by atoms with van der Waals surface area (Å²) in [5.41, 5.74) is 0.824. The summed E-state index contributed by atoms with van der Waals surface area (Å²) in [7, 11) is 0. The van der Waals surface area contributed by atoms with Crippen molar-refractivity contribution in [3.8, 4) is 6.01 Å². The third-order valence-electron chi connectivity index (χ3n) is 4.21. The number of benzene rings is 1. The largest absolute Gasteiger partial charge is 0.460 e. The van der Waals surface area contributed by atoms with Crippen LogP contribution in [0.1, 0.15) is 31.2 Å². The summed E-state index contributed by atoms with van der Waals surface area (Å²) < 4.78 is 5.76. The molecule has 5 nitrogen and oxygen atoms in total. The Hall–Kier alpha value is -2.11. The van der Waals surface area contributed by atoms with E-state index in [2.05, 4.69) is 15.3 Å². The van der Waals surface area contributed by atoms with E-state index in [9.17, 15) is 4.79 Å². The molecule has 1 N–H and O–H groups in total. The number of rotatable bonds is 5. The van der Waals surface area contributed by atoms with E-state index >= 15 is 0 Å². The minimum atomic E-state index is -0.115. The zero-order valence-electron chi connectivity index (χ0n) is 14.1. The first-order valence-corrected chi connectivity index (χ1v) is 9.23. The molecule has 0 radical (unpaired) electrons. The zero-order valence-corrected chi connectivity index (χ0v) is 15.6. The van der Waals surface area contributed by atoms with Gasteiger partial charge in [-0.3, -0.25) is 4.79 Å². The van der Waals surface area contributed by atoms with Gasteiger partial charge in [0.25, 0.3) is 0 Å². The second-order valence-corrected chi connectivity index (χ2v) is 6.98. The first-order chi connectivity index (χ1) is 12.6. The molecule has 1 fully saturated rings. The predicted octanol–water partition coefficient (Wildman–Crippen LogP) is 4.30. The van der Waals surface area contributed by atoms with Gasteiger partial charge >= 0.3 is 6.01 Å². The van der Waals surface area contributed by atoms with Crippen molar-refractivity contribution in [1.82, 2.24) is 15.3 Å². The second kappa shape index (κ2) is 9.01. The van der Waals surface area contributed by atoms with Crippen molar-refractivity contribution >= 4 is 35.2 Å². The third-order valence-corrected chi connectivity index (χ3v) is 4.75. The van der Waals surface area contributed by atoms with Gasteiger partial charge in [-0.05, 0) is 43.4 Å². The van der Waals surface area contributed by atoms with E-state index in [0.29, 0.717) is 16.1 Å². The molecule has 0 spiro atoms. The molecule has 1 saturated carbocycles. The molecule has 7 heteroatoms. The Morgan fingerprint density at radius 1 is 1.12 bits per heavy atom. The Morgan fingerprint density at radius 3 is 2.50 bits per heavy atom. The highest BCUT2D eigenvalue weighted by Crippen LogP contribution is 2.22. The smallest absolute Gasteiger partial charge is 0.316 e. The molecule has 1 aromatic heterocycles. The van der Waals surface area contributed by atoms with Crippen LogP contribution in [0.4, 0.5) is 0 Å². The number of carbonyl (C=O) groups is 1. The predicted molar refractivity (Wildman–Crippen MR) is 102 cm³/mol. The SMILES string of the molecule is O=C(/C=C/c1ccccc1Cl)NC1CCC(Oc2ncc(Cl)cn2)CC1. The Bertz CT molecular complexity index is 773. The van der Waals surface area contributed by atoms with Gasteiger partial charge in [0.2, 0.25) is 5.91 Å². The van der Waals surface area contributed by atoms with Crippen molar-refractivity contribution < 1.29 is 9.53 Å². The van der Waals surface area contributed by atoms with Gasteiger partial charge < -0.3 is 10.1 Å². The Labute approximate surface area is 162 Å². The summed E-state index contributed by atoms with van der Waals surface area (Å²) >= 11 is 11.8. The van der Waals surface area contributed by atoms with Crippen LogP contribution in [-0.2, 0) is 4.79 Å². The van der Waals surface area contributed by atoms with Crippen LogP contribution in [0.25, 0.3) is 6.08 Å². The van der Waals surface area contributed by atoms with Crippen LogP contribution in [0.15, 0.2) is 42.7 Å². The summed E-state index contributed by atoms with van der Waals surface area (Å²) in [5, 5.41) is 4.13. The second-order valence-electron chi connectivity index (χ2n) is 6.14. The Morgan fingerprint density at radius 2 is 1.81 bits per heavy atom. The Balaban J connectivity index is 1.44. The monoisotopic (exact) mass is 391 g/mol. The molecule has 2 aromatic rings. The van der Waals surface area contributed by atoms with Gasteiger partial charge in [0.1, 0.15) is 6.10 Å². The standard InChI is InChI=1S/C19H19Cl2N3O2/c20-14-11-22-19(23-12-14)26-16-8-6-15(7-9-16)24-18(25)10-5-13-3-1-2-4-17(13)21/h1-5,10-12,15-16H,6-9H2,(H,24,25)/b10-5+. The summed E-state index contributed by atoms with van der Waals surface area (Å²) in [6, 6.07) is 7.89. The van der Waals surface area contributed by atoms with E-state index in [1.54, 1.807) is 12.1 Å². The molecule has 0 unspecified atom stereocenters. The summed E-state index contributed by atoms with van der Waals surface area (Å²) in [6.07, 6.45) is 9.71. The van der Waals surface area contributed by atoms with Crippen molar-refractivity contribution in [2.75, 3.05) is 0 Å². The van der Waals surface area contributed by atoms with E-state index < -0.39 is 0 Å². The third kappa shape index (κ3) is 5.44. The number of hydrogen-bond donors (Lipinski definition) is 1. The van der Waals surface area contributed by atoms with Crippen LogP contribution in [0.3, 0.4) is 0 Å². The molecular formula is C19H19Cl2N3O2. The first kappa shape index (κ1) is 18.7.